The zero-order chi connectivity index (χ0) is 16.6. The average molecular weight is 312 g/mol. The van der Waals surface area contributed by atoms with Crippen molar-refractivity contribution in [3.05, 3.63) is 68.8 Å². The van der Waals surface area contributed by atoms with Crippen molar-refractivity contribution in [1.82, 2.24) is 0 Å². The van der Waals surface area contributed by atoms with Crippen molar-refractivity contribution in [3.63, 3.8) is 0 Å². The van der Waals surface area contributed by atoms with E-state index in [0.717, 1.165) is 0 Å². The molecule has 0 saturated heterocycles. The molecule has 0 saturated carbocycles. The van der Waals surface area contributed by atoms with Gasteiger partial charge in [0.1, 0.15) is 11.5 Å². The number of furan rings is 1. The lowest BCUT2D eigenvalue weighted by molar-refractivity contribution is -0.385. The Morgan fingerprint density at radius 2 is 2.00 bits per heavy atom. The van der Waals surface area contributed by atoms with Crippen molar-refractivity contribution >= 4 is 23.6 Å². The molecule has 0 fully saturated rings. The normalized spacial score (nSPS) is 15.7. The van der Waals surface area contributed by atoms with E-state index in [1.54, 1.807) is 32.0 Å². The highest BCUT2D eigenvalue weighted by Crippen LogP contribution is 2.26. The second-order valence-corrected chi connectivity index (χ2v) is 4.99. The number of benzene rings is 1. The minimum Gasteiger partial charge on any atom is -0.462 e. The molecule has 0 N–H and O–H groups in total. The van der Waals surface area contributed by atoms with Gasteiger partial charge in [0.05, 0.1) is 4.92 Å². The highest BCUT2D eigenvalue weighted by atomic mass is 16.6. The summed E-state index contributed by atoms with van der Waals surface area (Å²) in [6, 6.07) is 8.01. The molecule has 1 aliphatic heterocycles. The Morgan fingerprint density at radius 3 is 2.65 bits per heavy atom. The first-order valence-corrected chi connectivity index (χ1v) is 6.79. The summed E-state index contributed by atoms with van der Waals surface area (Å²) in [5.74, 6) is 0.614. The maximum atomic E-state index is 11.9. The summed E-state index contributed by atoms with van der Waals surface area (Å²) in [6.45, 7) is 3.37. The number of hydrogen-bond donors (Lipinski definition) is 0. The smallest absolute Gasteiger partial charge is 0.363 e. The molecule has 1 aromatic carbocycles. The third-order valence-corrected chi connectivity index (χ3v) is 3.39. The molecule has 0 spiro atoms. The molecule has 0 aliphatic carbocycles. The molecule has 7 heteroatoms. The van der Waals surface area contributed by atoms with Crippen LogP contribution in [0.4, 0.5) is 5.69 Å². The topological polar surface area (TPSA) is 94.9 Å². The van der Waals surface area contributed by atoms with Gasteiger partial charge in [-0.2, -0.15) is 0 Å². The van der Waals surface area contributed by atoms with Crippen LogP contribution in [0.1, 0.15) is 22.6 Å². The maximum Gasteiger partial charge on any atom is 0.363 e. The van der Waals surface area contributed by atoms with Crippen molar-refractivity contribution in [3.8, 4) is 0 Å². The van der Waals surface area contributed by atoms with E-state index < -0.39 is 10.9 Å². The largest absolute Gasteiger partial charge is 0.462 e. The summed E-state index contributed by atoms with van der Waals surface area (Å²) >= 11 is 0. The Bertz CT molecular complexity index is 876. The van der Waals surface area contributed by atoms with Gasteiger partial charge in [0.15, 0.2) is 5.70 Å². The molecule has 3 rings (SSSR count). The summed E-state index contributed by atoms with van der Waals surface area (Å²) in [4.78, 5) is 26.6. The van der Waals surface area contributed by atoms with Gasteiger partial charge in [-0.1, -0.05) is 6.07 Å². The SMILES string of the molecule is Cc1ccc(/C=C2/N=C(c3cccc([N+](=O)[O-])c3C)OC2=O)o1. The van der Waals surface area contributed by atoms with Crippen molar-refractivity contribution in [2.24, 2.45) is 4.99 Å². The molecule has 7 nitrogen and oxygen atoms in total. The number of hydrogen-bond acceptors (Lipinski definition) is 6. The molecule has 0 radical (unpaired) electrons. The number of ether oxygens (including phenoxy) is 1. The Kier molecular flexibility index (Phi) is 3.53. The first kappa shape index (κ1) is 14.7. The van der Waals surface area contributed by atoms with Gasteiger partial charge in [-0.05, 0) is 32.0 Å². The molecule has 1 aliphatic rings. The van der Waals surface area contributed by atoms with Crippen LogP contribution in [-0.4, -0.2) is 16.8 Å². The Hall–Kier alpha value is -3.22. The lowest BCUT2D eigenvalue weighted by Gasteiger charge is -2.04. The number of carbonyl (C=O) groups is 1. The van der Waals surface area contributed by atoms with E-state index in [0.29, 0.717) is 22.6 Å². The van der Waals surface area contributed by atoms with Gasteiger partial charge in [0.2, 0.25) is 5.90 Å². The van der Waals surface area contributed by atoms with Crippen LogP contribution >= 0.6 is 0 Å². The standard InChI is InChI=1S/C16H12N2O5/c1-9-6-7-11(22-9)8-13-16(19)23-15(17-13)12-4-3-5-14(10(12)2)18(20)21/h3-8H,1-2H3/b13-8+. The highest BCUT2D eigenvalue weighted by molar-refractivity contribution is 6.13. The first-order chi connectivity index (χ1) is 11.0. The van der Waals surface area contributed by atoms with Crippen molar-refractivity contribution in [2.45, 2.75) is 13.8 Å². The molecule has 0 bridgehead atoms. The second-order valence-electron chi connectivity index (χ2n) is 4.99. The number of nitro groups is 1. The van der Waals surface area contributed by atoms with Crippen molar-refractivity contribution in [2.75, 3.05) is 0 Å². The summed E-state index contributed by atoms with van der Waals surface area (Å²) in [7, 11) is 0. The van der Waals surface area contributed by atoms with Gasteiger partial charge in [-0.15, -0.1) is 0 Å². The van der Waals surface area contributed by atoms with Crippen LogP contribution in [0.15, 0.2) is 45.4 Å². The number of esters is 1. The second kappa shape index (κ2) is 5.53. The van der Waals surface area contributed by atoms with Gasteiger partial charge < -0.3 is 9.15 Å². The zero-order valence-electron chi connectivity index (χ0n) is 12.4. The van der Waals surface area contributed by atoms with E-state index in [1.165, 1.54) is 18.2 Å². The monoisotopic (exact) mass is 312 g/mol. The molecule has 116 valence electrons. The molecule has 0 amide bonds. The average Bonchev–Trinajstić information content (AvgIpc) is 3.06. The third-order valence-electron chi connectivity index (χ3n) is 3.39. The lowest BCUT2D eigenvalue weighted by Crippen LogP contribution is -2.08. The number of rotatable bonds is 3. The van der Waals surface area contributed by atoms with Gasteiger partial charge in [-0.3, -0.25) is 10.1 Å². The van der Waals surface area contributed by atoms with Crippen LogP contribution in [0.3, 0.4) is 0 Å². The quantitative estimate of drug-likeness (QED) is 0.375. The zero-order valence-corrected chi connectivity index (χ0v) is 12.4. The molecular formula is C16H12N2O5. The fourth-order valence-corrected chi connectivity index (χ4v) is 2.24. The van der Waals surface area contributed by atoms with E-state index in [4.69, 9.17) is 9.15 Å². The fourth-order valence-electron chi connectivity index (χ4n) is 2.24. The lowest BCUT2D eigenvalue weighted by atomic mass is 10.1. The molecular weight excluding hydrogens is 300 g/mol. The van der Waals surface area contributed by atoms with Crippen LogP contribution in [-0.2, 0) is 9.53 Å². The van der Waals surface area contributed by atoms with Crippen LogP contribution in [0.2, 0.25) is 0 Å². The number of cyclic esters (lactones) is 1. The van der Waals surface area contributed by atoms with Crippen LogP contribution in [0, 0.1) is 24.0 Å². The minimum atomic E-state index is -0.625. The third kappa shape index (κ3) is 2.76. The number of aryl methyl sites for hydroxylation is 1. The molecule has 23 heavy (non-hydrogen) atoms. The first-order valence-electron chi connectivity index (χ1n) is 6.79. The molecule has 1 aromatic heterocycles. The highest BCUT2D eigenvalue weighted by Gasteiger charge is 2.27. The van der Waals surface area contributed by atoms with Gasteiger partial charge in [0, 0.05) is 23.3 Å². The summed E-state index contributed by atoms with van der Waals surface area (Å²) in [6.07, 6.45) is 1.47. The van der Waals surface area contributed by atoms with Gasteiger partial charge in [0.25, 0.3) is 5.69 Å². The van der Waals surface area contributed by atoms with E-state index in [2.05, 4.69) is 4.99 Å². The summed E-state index contributed by atoms with van der Waals surface area (Å²) in [5.41, 5.74) is 0.825. The number of nitrogens with zero attached hydrogens (tertiary/aromatic N) is 2. The van der Waals surface area contributed by atoms with E-state index >= 15 is 0 Å². The Balaban J connectivity index is 2.01. The Morgan fingerprint density at radius 1 is 1.22 bits per heavy atom. The molecule has 0 unspecified atom stereocenters. The number of nitro benzene ring substituents is 1. The van der Waals surface area contributed by atoms with E-state index in [1.807, 2.05) is 0 Å². The summed E-state index contributed by atoms with van der Waals surface area (Å²) < 4.78 is 10.5. The van der Waals surface area contributed by atoms with Gasteiger partial charge >= 0.3 is 5.97 Å². The van der Waals surface area contributed by atoms with Gasteiger partial charge in [-0.25, -0.2) is 9.79 Å². The van der Waals surface area contributed by atoms with Crippen molar-refractivity contribution in [1.29, 1.82) is 0 Å². The van der Waals surface area contributed by atoms with E-state index in [9.17, 15) is 14.9 Å². The molecule has 2 aromatic rings. The summed E-state index contributed by atoms with van der Waals surface area (Å²) in [5, 5.41) is 11.0. The minimum absolute atomic E-state index is 0.0470. The predicted octanol–water partition coefficient (Wildman–Crippen LogP) is 3.15. The van der Waals surface area contributed by atoms with Crippen molar-refractivity contribution < 1.29 is 18.9 Å². The van der Waals surface area contributed by atoms with Crippen LogP contribution in [0.25, 0.3) is 6.08 Å². The number of carbonyl (C=O) groups excluding carboxylic acids is 1. The predicted molar refractivity (Wildman–Crippen MR) is 81.9 cm³/mol. The fraction of sp³-hybridized carbons (Fsp3) is 0.125. The maximum absolute atomic E-state index is 11.9. The Labute approximate surface area is 131 Å². The van der Waals surface area contributed by atoms with Crippen LogP contribution < -0.4 is 0 Å². The molecule has 0 atom stereocenters. The van der Waals surface area contributed by atoms with Crippen LogP contribution in [0.5, 0.6) is 0 Å². The molecule has 2 heterocycles. The van der Waals surface area contributed by atoms with E-state index in [-0.39, 0.29) is 17.3 Å². The number of aliphatic imine (C=N–C) groups is 1.